The number of fused-ring (bicyclic) bond motifs is 2. The lowest BCUT2D eigenvalue weighted by Crippen LogP contribution is -1.95. The van der Waals surface area contributed by atoms with Crippen LogP contribution in [0.1, 0.15) is 0 Å². The van der Waals surface area contributed by atoms with Gasteiger partial charge < -0.3 is 0 Å². The molecule has 11 aromatic rings. The molecule has 0 saturated carbocycles. The molecule has 62 heavy (non-hydrogen) atoms. The number of rotatable bonds is 8. The zero-order valence-corrected chi connectivity index (χ0v) is 33.5. The number of benzene rings is 5. The van der Waals surface area contributed by atoms with Gasteiger partial charge in [-0.3, -0.25) is 19.9 Å². The second-order valence-corrected chi connectivity index (χ2v) is 15.1. The average molecular weight is 793 g/mol. The summed E-state index contributed by atoms with van der Waals surface area (Å²) in [4.78, 5) is 28.5. The Morgan fingerprint density at radius 1 is 0.226 bits per heavy atom. The molecule has 0 unspecified atom stereocenters. The Hall–Kier alpha value is -8.48. The quantitative estimate of drug-likeness (QED) is 0.143. The van der Waals surface area contributed by atoms with E-state index in [1.165, 1.54) is 11.1 Å². The Bertz CT molecular complexity index is 3020. The van der Waals surface area contributed by atoms with E-state index in [2.05, 4.69) is 141 Å². The van der Waals surface area contributed by atoms with E-state index >= 15 is 0 Å². The lowest BCUT2D eigenvalue weighted by atomic mass is 9.83. The van der Waals surface area contributed by atoms with Gasteiger partial charge in [0.05, 0.1) is 39.9 Å². The third-order valence-electron chi connectivity index (χ3n) is 11.3. The smallest absolute Gasteiger partial charge is 0.0900 e. The summed E-state index contributed by atoms with van der Waals surface area (Å²) in [5.74, 6) is 0. The Labute approximate surface area is 359 Å². The molecule has 0 atom stereocenters. The number of pyridine rings is 6. The van der Waals surface area contributed by atoms with E-state index in [1.807, 2.05) is 85.3 Å². The van der Waals surface area contributed by atoms with Crippen LogP contribution in [0.3, 0.4) is 0 Å². The highest BCUT2D eigenvalue weighted by Gasteiger charge is 2.20. The molecule has 6 heterocycles. The van der Waals surface area contributed by atoms with Crippen LogP contribution in [0.4, 0.5) is 0 Å². The fraction of sp³-hybridized carbons (Fsp3) is 0. The van der Waals surface area contributed by atoms with Crippen molar-refractivity contribution >= 4 is 21.5 Å². The molecule has 0 aliphatic carbocycles. The summed E-state index contributed by atoms with van der Waals surface area (Å²) in [7, 11) is 0. The molecule has 6 heteroatoms. The Morgan fingerprint density at radius 3 is 1.05 bits per heavy atom. The van der Waals surface area contributed by atoms with Gasteiger partial charge in [-0.05, 0) is 151 Å². The van der Waals surface area contributed by atoms with Crippen molar-refractivity contribution in [1.82, 2.24) is 29.9 Å². The highest BCUT2D eigenvalue weighted by atomic mass is 14.8. The normalized spacial score (nSPS) is 11.2. The van der Waals surface area contributed by atoms with E-state index in [9.17, 15) is 0 Å². The fourth-order valence-electron chi connectivity index (χ4n) is 8.42. The molecule has 0 N–H and O–H groups in total. The number of hydrogen-bond donors (Lipinski definition) is 0. The van der Waals surface area contributed by atoms with Crippen LogP contribution in [-0.4, -0.2) is 29.9 Å². The van der Waals surface area contributed by atoms with E-state index in [1.54, 1.807) is 12.4 Å². The molecule has 6 nitrogen and oxygen atoms in total. The van der Waals surface area contributed by atoms with Gasteiger partial charge in [0, 0.05) is 36.5 Å². The molecule has 0 radical (unpaired) electrons. The maximum atomic E-state index is 5.10. The Balaban J connectivity index is 1.18. The van der Waals surface area contributed by atoms with Gasteiger partial charge >= 0.3 is 0 Å². The molecule has 0 fully saturated rings. The minimum Gasteiger partial charge on any atom is -0.265 e. The van der Waals surface area contributed by atoms with E-state index in [-0.39, 0.29) is 0 Å². The number of hydrogen-bond acceptors (Lipinski definition) is 6. The summed E-state index contributed by atoms with van der Waals surface area (Å²) in [6, 6.07) is 65.6. The van der Waals surface area contributed by atoms with E-state index < -0.39 is 0 Å². The van der Waals surface area contributed by atoms with Gasteiger partial charge in [-0.15, -0.1) is 0 Å². The molecular weight excluding hydrogens is 757 g/mol. The summed E-state index contributed by atoms with van der Waals surface area (Å²) in [5, 5.41) is 4.64. The minimum absolute atomic E-state index is 0.789. The van der Waals surface area contributed by atoms with E-state index in [4.69, 9.17) is 9.97 Å². The van der Waals surface area contributed by atoms with E-state index in [0.29, 0.717) is 0 Å². The number of nitrogens with zero attached hydrogens (tertiary/aromatic N) is 6. The molecule has 0 aliphatic heterocycles. The number of aromatic nitrogens is 6. The van der Waals surface area contributed by atoms with Crippen molar-refractivity contribution in [2.75, 3.05) is 0 Å². The molecule has 290 valence electrons. The summed E-state index contributed by atoms with van der Waals surface area (Å²) in [6.45, 7) is 0. The predicted octanol–water partition coefficient (Wildman–Crippen LogP) is 13.7. The minimum atomic E-state index is 0.789. The Kier molecular flexibility index (Phi) is 9.41. The van der Waals surface area contributed by atoms with Crippen molar-refractivity contribution in [3.8, 4) is 89.9 Å². The average Bonchev–Trinajstić information content (AvgIpc) is 3.36. The van der Waals surface area contributed by atoms with Crippen molar-refractivity contribution in [3.05, 3.63) is 219 Å². The van der Waals surface area contributed by atoms with E-state index in [0.717, 1.165) is 100 Å². The fourth-order valence-corrected chi connectivity index (χ4v) is 8.42. The lowest BCUT2D eigenvalue weighted by molar-refractivity contribution is 1.22. The Morgan fingerprint density at radius 2 is 0.629 bits per heavy atom. The van der Waals surface area contributed by atoms with Crippen molar-refractivity contribution in [1.29, 1.82) is 0 Å². The molecule has 0 bridgehead atoms. The second-order valence-electron chi connectivity index (χ2n) is 15.1. The lowest BCUT2D eigenvalue weighted by Gasteiger charge is -2.20. The zero-order chi connectivity index (χ0) is 41.2. The summed E-state index contributed by atoms with van der Waals surface area (Å²) < 4.78 is 0. The van der Waals surface area contributed by atoms with Crippen molar-refractivity contribution in [2.24, 2.45) is 0 Å². The SMILES string of the molecule is c1ccc(-c2c3ccc(-c4cc(-c5ccccn5)nc(-c5ccccn5)c4)cc3c(-c3ccccc3)c3ccc(-c4cc(-c5ccncc5)nc(-c5ccccn5)c4)cc23)cc1. The van der Waals surface area contributed by atoms with Crippen LogP contribution in [0.15, 0.2) is 219 Å². The summed E-state index contributed by atoms with van der Waals surface area (Å²) >= 11 is 0. The molecule has 0 spiro atoms. The maximum absolute atomic E-state index is 5.10. The van der Waals surface area contributed by atoms with Crippen LogP contribution in [0, 0.1) is 0 Å². The molecule has 6 aromatic heterocycles. The van der Waals surface area contributed by atoms with Gasteiger partial charge in [-0.2, -0.15) is 0 Å². The summed E-state index contributed by atoms with van der Waals surface area (Å²) in [5.41, 5.74) is 15.5. The van der Waals surface area contributed by atoms with Gasteiger partial charge in [0.25, 0.3) is 0 Å². The topological polar surface area (TPSA) is 77.3 Å². The van der Waals surface area contributed by atoms with Crippen LogP contribution in [0.2, 0.25) is 0 Å². The first-order valence-electron chi connectivity index (χ1n) is 20.6. The monoisotopic (exact) mass is 792 g/mol. The molecule has 0 saturated heterocycles. The van der Waals surface area contributed by atoms with Crippen molar-refractivity contribution in [2.45, 2.75) is 0 Å². The second kappa shape index (κ2) is 15.9. The first-order valence-corrected chi connectivity index (χ1v) is 20.6. The van der Waals surface area contributed by atoms with Gasteiger partial charge in [0.15, 0.2) is 0 Å². The third-order valence-corrected chi connectivity index (χ3v) is 11.3. The first kappa shape index (κ1) is 36.6. The molecule has 0 amide bonds. The molecule has 11 rings (SSSR count). The standard InChI is InChI=1S/C56H36N6/c1-3-13-38(14-4-1)55-45-23-21-41(43-35-53(49-18-8-11-27-59-49)62-54(36-43)50-19-9-12-28-60-50)32-47(45)56(39-15-5-2-6-16-39)44-22-20-40(31-46(44)55)42-33-51(37-24-29-57-30-25-37)61-52(34-42)48-17-7-10-26-58-48/h1-36H. The molecule has 0 aliphatic rings. The largest absolute Gasteiger partial charge is 0.265 e. The van der Waals surface area contributed by atoms with Crippen LogP contribution in [0.5, 0.6) is 0 Å². The molecular formula is C56H36N6. The van der Waals surface area contributed by atoms with Crippen LogP contribution in [-0.2, 0) is 0 Å². The van der Waals surface area contributed by atoms with Crippen molar-refractivity contribution < 1.29 is 0 Å². The van der Waals surface area contributed by atoms with Crippen molar-refractivity contribution in [3.63, 3.8) is 0 Å². The van der Waals surface area contributed by atoms with Crippen LogP contribution < -0.4 is 0 Å². The first-order chi connectivity index (χ1) is 30.7. The van der Waals surface area contributed by atoms with Gasteiger partial charge in [0.1, 0.15) is 0 Å². The highest BCUT2D eigenvalue weighted by Crippen LogP contribution is 2.46. The van der Waals surface area contributed by atoms with Crippen LogP contribution in [0.25, 0.3) is 111 Å². The van der Waals surface area contributed by atoms with Gasteiger partial charge in [-0.25, -0.2) is 9.97 Å². The third kappa shape index (κ3) is 6.95. The molecule has 5 aromatic carbocycles. The summed E-state index contributed by atoms with van der Waals surface area (Å²) in [6.07, 6.45) is 9.04. The predicted molar refractivity (Wildman–Crippen MR) is 252 cm³/mol. The maximum Gasteiger partial charge on any atom is 0.0900 e. The van der Waals surface area contributed by atoms with Crippen LogP contribution >= 0.6 is 0 Å². The highest BCUT2D eigenvalue weighted by molar-refractivity contribution is 6.22. The van der Waals surface area contributed by atoms with Gasteiger partial charge in [-0.1, -0.05) is 103 Å². The van der Waals surface area contributed by atoms with Gasteiger partial charge in [0.2, 0.25) is 0 Å². The zero-order valence-electron chi connectivity index (χ0n) is 33.5.